The lowest BCUT2D eigenvalue weighted by Gasteiger charge is -2.05. The molecule has 0 spiro atoms. The number of hydrogen-bond donors (Lipinski definition) is 0. The molecule has 0 fully saturated rings. The minimum Gasteiger partial charge on any atom is -0.422 e. The van der Waals surface area contributed by atoms with Crippen molar-refractivity contribution in [1.29, 1.82) is 0 Å². The maximum Gasteiger partial charge on any atom is 0.344 e. The molecule has 1 heterocycles. The van der Waals surface area contributed by atoms with Gasteiger partial charge in [0, 0.05) is 5.39 Å². The van der Waals surface area contributed by atoms with Gasteiger partial charge < -0.3 is 4.42 Å². The Kier molecular flexibility index (Phi) is 2.49. The van der Waals surface area contributed by atoms with Gasteiger partial charge in [-0.15, -0.1) is 0 Å². The first-order valence-electron chi connectivity index (χ1n) is 5.84. The van der Waals surface area contributed by atoms with Crippen molar-refractivity contribution in [3.05, 3.63) is 70.6 Å². The van der Waals surface area contributed by atoms with Crippen molar-refractivity contribution in [2.45, 2.75) is 6.92 Å². The molecule has 2 heteroatoms. The SMILES string of the molecule is Cc1ccccc1-c1cc2ccccc2oc1=O. The third-order valence-corrected chi connectivity index (χ3v) is 3.08. The van der Waals surface area contributed by atoms with E-state index >= 15 is 0 Å². The Hall–Kier alpha value is -2.35. The monoisotopic (exact) mass is 236 g/mol. The molecule has 2 aromatic carbocycles. The summed E-state index contributed by atoms with van der Waals surface area (Å²) in [7, 11) is 0. The number of hydrogen-bond acceptors (Lipinski definition) is 2. The Morgan fingerprint density at radius 3 is 2.44 bits per heavy atom. The van der Waals surface area contributed by atoms with Crippen LogP contribution >= 0.6 is 0 Å². The van der Waals surface area contributed by atoms with Crippen LogP contribution in [0.2, 0.25) is 0 Å². The van der Waals surface area contributed by atoms with E-state index in [0.717, 1.165) is 16.5 Å². The smallest absolute Gasteiger partial charge is 0.344 e. The molecular weight excluding hydrogens is 224 g/mol. The fourth-order valence-electron chi connectivity index (χ4n) is 2.12. The first kappa shape index (κ1) is 10.8. The van der Waals surface area contributed by atoms with Gasteiger partial charge in [-0.1, -0.05) is 42.5 Å². The van der Waals surface area contributed by atoms with E-state index in [1.165, 1.54) is 0 Å². The zero-order chi connectivity index (χ0) is 12.5. The molecule has 3 rings (SSSR count). The van der Waals surface area contributed by atoms with Crippen LogP contribution in [0.5, 0.6) is 0 Å². The lowest BCUT2D eigenvalue weighted by molar-refractivity contribution is 0.563. The van der Waals surface area contributed by atoms with Crippen LogP contribution in [0.25, 0.3) is 22.1 Å². The highest BCUT2D eigenvalue weighted by Crippen LogP contribution is 2.23. The van der Waals surface area contributed by atoms with Crippen LogP contribution in [-0.2, 0) is 0 Å². The molecule has 0 atom stereocenters. The predicted octanol–water partition coefficient (Wildman–Crippen LogP) is 3.77. The van der Waals surface area contributed by atoms with Gasteiger partial charge >= 0.3 is 5.63 Å². The molecule has 0 saturated heterocycles. The van der Waals surface area contributed by atoms with E-state index in [2.05, 4.69) is 0 Å². The quantitative estimate of drug-likeness (QED) is 0.602. The summed E-state index contributed by atoms with van der Waals surface area (Å²) in [6.45, 7) is 1.99. The minimum absolute atomic E-state index is 0.289. The van der Waals surface area contributed by atoms with Crippen LogP contribution in [0.4, 0.5) is 0 Å². The van der Waals surface area contributed by atoms with E-state index in [0.29, 0.717) is 11.1 Å². The molecule has 1 aromatic heterocycles. The van der Waals surface area contributed by atoms with Crippen LogP contribution in [0, 0.1) is 6.92 Å². The summed E-state index contributed by atoms with van der Waals surface area (Å²) in [6, 6.07) is 17.3. The van der Waals surface area contributed by atoms with Gasteiger partial charge in [-0.3, -0.25) is 0 Å². The summed E-state index contributed by atoms with van der Waals surface area (Å²) in [5.41, 5.74) is 2.95. The molecule has 0 unspecified atom stereocenters. The van der Waals surface area contributed by atoms with Gasteiger partial charge in [0.05, 0.1) is 5.56 Å². The minimum atomic E-state index is -0.289. The van der Waals surface area contributed by atoms with Gasteiger partial charge in [-0.25, -0.2) is 4.79 Å². The Bertz CT molecular complexity index is 769. The lowest BCUT2D eigenvalue weighted by Crippen LogP contribution is -2.03. The number of aryl methyl sites for hydroxylation is 1. The van der Waals surface area contributed by atoms with Crippen LogP contribution in [0.3, 0.4) is 0 Å². The molecule has 0 aliphatic rings. The second-order valence-electron chi connectivity index (χ2n) is 4.30. The summed E-state index contributed by atoms with van der Waals surface area (Å²) < 4.78 is 5.35. The molecule has 0 bridgehead atoms. The zero-order valence-corrected chi connectivity index (χ0v) is 10.0. The van der Waals surface area contributed by atoms with Crippen molar-refractivity contribution >= 4 is 11.0 Å². The second kappa shape index (κ2) is 4.15. The number of rotatable bonds is 1. The van der Waals surface area contributed by atoms with Gasteiger partial charge in [-0.2, -0.15) is 0 Å². The molecule has 2 nitrogen and oxygen atoms in total. The van der Waals surface area contributed by atoms with E-state index < -0.39 is 0 Å². The molecule has 0 N–H and O–H groups in total. The maximum absolute atomic E-state index is 12.0. The highest BCUT2D eigenvalue weighted by atomic mass is 16.4. The topological polar surface area (TPSA) is 30.2 Å². The Labute approximate surface area is 105 Å². The van der Waals surface area contributed by atoms with Crippen LogP contribution in [-0.4, -0.2) is 0 Å². The summed E-state index contributed by atoms with van der Waals surface area (Å²) in [5.74, 6) is 0. The third-order valence-electron chi connectivity index (χ3n) is 3.08. The normalized spacial score (nSPS) is 10.7. The average Bonchev–Trinajstić information content (AvgIpc) is 2.39. The maximum atomic E-state index is 12.0. The summed E-state index contributed by atoms with van der Waals surface area (Å²) >= 11 is 0. The molecular formula is C16H12O2. The van der Waals surface area contributed by atoms with Crippen LogP contribution in [0.15, 0.2) is 63.8 Å². The molecule has 88 valence electrons. The summed E-state index contributed by atoms with van der Waals surface area (Å²) in [6.07, 6.45) is 0. The van der Waals surface area contributed by atoms with Gasteiger partial charge in [0.25, 0.3) is 0 Å². The fraction of sp³-hybridized carbons (Fsp3) is 0.0625. The first-order valence-corrected chi connectivity index (χ1v) is 5.84. The van der Waals surface area contributed by atoms with Gasteiger partial charge in [-0.05, 0) is 30.2 Å². The first-order chi connectivity index (χ1) is 8.75. The molecule has 0 amide bonds. The lowest BCUT2D eigenvalue weighted by atomic mass is 10.0. The van der Waals surface area contributed by atoms with E-state index in [1.54, 1.807) is 6.07 Å². The van der Waals surface area contributed by atoms with Crippen molar-refractivity contribution in [1.82, 2.24) is 0 Å². The Morgan fingerprint density at radius 1 is 0.889 bits per heavy atom. The standard InChI is InChI=1S/C16H12O2/c1-11-6-2-4-8-13(11)14-10-12-7-3-5-9-15(12)18-16(14)17/h2-10H,1H3. The van der Waals surface area contributed by atoms with Crippen molar-refractivity contribution in [2.75, 3.05) is 0 Å². The molecule has 0 aliphatic carbocycles. The van der Waals surface area contributed by atoms with Gasteiger partial charge in [0.2, 0.25) is 0 Å². The predicted molar refractivity (Wildman–Crippen MR) is 72.7 cm³/mol. The van der Waals surface area contributed by atoms with Crippen molar-refractivity contribution < 1.29 is 4.42 Å². The van der Waals surface area contributed by atoms with Crippen molar-refractivity contribution in [3.63, 3.8) is 0 Å². The summed E-state index contributed by atoms with van der Waals surface area (Å²) in [5, 5.41) is 0.940. The highest BCUT2D eigenvalue weighted by molar-refractivity contribution is 5.82. The van der Waals surface area contributed by atoms with E-state index in [1.807, 2.05) is 55.5 Å². The van der Waals surface area contributed by atoms with Crippen molar-refractivity contribution in [3.8, 4) is 11.1 Å². The van der Waals surface area contributed by atoms with E-state index in [9.17, 15) is 4.79 Å². The zero-order valence-electron chi connectivity index (χ0n) is 10.0. The second-order valence-corrected chi connectivity index (χ2v) is 4.30. The third kappa shape index (κ3) is 1.72. The molecule has 0 saturated carbocycles. The fourth-order valence-corrected chi connectivity index (χ4v) is 2.12. The van der Waals surface area contributed by atoms with Crippen LogP contribution in [0.1, 0.15) is 5.56 Å². The molecule has 0 radical (unpaired) electrons. The average molecular weight is 236 g/mol. The van der Waals surface area contributed by atoms with Gasteiger partial charge in [0.15, 0.2) is 0 Å². The number of fused-ring (bicyclic) bond motifs is 1. The highest BCUT2D eigenvalue weighted by Gasteiger charge is 2.08. The number of para-hydroxylation sites is 1. The molecule has 18 heavy (non-hydrogen) atoms. The van der Waals surface area contributed by atoms with Gasteiger partial charge in [0.1, 0.15) is 5.58 Å². The summed E-state index contributed by atoms with van der Waals surface area (Å²) in [4.78, 5) is 12.0. The van der Waals surface area contributed by atoms with E-state index in [-0.39, 0.29) is 5.63 Å². The number of benzene rings is 2. The van der Waals surface area contributed by atoms with Crippen LogP contribution < -0.4 is 5.63 Å². The Morgan fingerprint density at radius 2 is 1.61 bits per heavy atom. The van der Waals surface area contributed by atoms with Crippen molar-refractivity contribution in [2.24, 2.45) is 0 Å². The Balaban J connectivity index is 2.33. The molecule has 0 aliphatic heterocycles. The molecule has 3 aromatic rings. The van der Waals surface area contributed by atoms with E-state index in [4.69, 9.17) is 4.42 Å². The largest absolute Gasteiger partial charge is 0.422 e.